The maximum Gasteiger partial charge on any atom is 0.00383 e. The van der Waals surface area contributed by atoms with Crippen molar-refractivity contribution in [3.63, 3.8) is 0 Å². The van der Waals surface area contributed by atoms with E-state index in [0.29, 0.717) is 6.04 Å². The van der Waals surface area contributed by atoms with Crippen molar-refractivity contribution >= 4 is 0 Å². The Balaban J connectivity index is 2.44. The molecule has 90 valence electrons. The number of rotatable bonds is 5. The van der Waals surface area contributed by atoms with Crippen LogP contribution in [0.2, 0.25) is 0 Å². The first-order valence-corrected chi connectivity index (χ1v) is 6.86. The Bertz CT molecular complexity index is 167. The lowest BCUT2D eigenvalue weighted by Crippen LogP contribution is -2.30. The van der Waals surface area contributed by atoms with Gasteiger partial charge in [0, 0.05) is 6.04 Å². The SMILES string of the molecule is CCC1CCCCC1C(C)CC(C)NC. The third-order valence-corrected chi connectivity index (χ3v) is 4.44. The van der Waals surface area contributed by atoms with Crippen LogP contribution in [0.5, 0.6) is 0 Å². The normalized spacial score (nSPS) is 31.2. The molecule has 0 bridgehead atoms. The van der Waals surface area contributed by atoms with Gasteiger partial charge in [-0.05, 0) is 44.6 Å². The molecule has 1 N–H and O–H groups in total. The summed E-state index contributed by atoms with van der Waals surface area (Å²) >= 11 is 0. The maximum absolute atomic E-state index is 3.37. The van der Waals surface area contributed by atoms with Crippen molar-refractivity contribution in [1.82, 2.24) is 5.32 Å². The fourth-order valence-electron chi connectivity index (χ4n) is 3.34. The molecule has 1 aliphatic rings. The van der Waals surface area contributed by atoms with E-state index in [0.717, 1.165) is 17.8 Å². The highest BCUT2D eigenvalue weighted by molar-refractivity contribution is 4.80. The minimum atomic E-state index is 0.680. The number of hydrogen-bond donors (Lipinski definition) is 1. The summed E-state index contributed by atoms with van der Waals surface area (Å²) in [5.41, 5.74) is 0. The van der Waals surface area contributed by atoms with Crippen LogP contribution in [0.25, 0.3) is 0 Å². The van der Waals surface area contributed by atoms with Crippen LogP contribution in [0.4, 0.5) is 0 Å². The van der Waals surface area contributed by atoms with Crippen LogP contribution in [0.1, 0.15) is 59.3 Å². The van der Waals surface area contributed by atoms with Gasteiger partial charge in [0.25, 0.3) is 0 Å². The van der Waals surface area contributed by atoms with Gasteiger partial charge in [-0.1, -0.05) is 39.5 Å². The van der Waals surface area contributed by atoms with Crippen molar-refractivity contribution in [2.24, 2.45) is 17.8 Å². The quantitative estimate of drug-likeness (QED) is 0.728. The van der Waals surface area contributed by atoms with Crippen LogP contribution in [0.15, 0.2) is 0 Å². The van der Waals surface area contributed by atoms with E-state index in [2.05, 4.69) is 33.1 Å². The van der Waals surface area contributed by atoms with Gasteiger partial charge in [-0.3, -0.25) is 0 Å². The van der Waals surface area contributed by atoms with E-state index < -0.39 is 0 Å². The van der Waals surface area contributed by atoms with Gasteiger partial charge >= 0.3 is 0 Å². The van der Waals surface area contributed by atoms with Gasteiger partial charge < -0.3 is 5.32 Å². The van der Waals surface area contributed by atoms with Crippen molar-refractivity contribution < 1.29 is 0 Å². The number of hydrogen-bond acceptors (Lipinski definition) is 1. The summed E-state index contributed by atoms with van der Waals surface area (Å²) < 4.78 is 0. The van der Waals surface area contributed by atoms with Crippen LogP contribution in [-0.4, -0.2) is 13.1 Å². The summed E-state index contributed by atoms with van der Waals surface area (Å²) in [6.45, 7) is 7.14. The molecule has 4 atom stereocenters. The standard InChI is InChI=1S/C14H29N/c1-5-13-8-6-7-9-14(13)11(2)10-12(3)15-4/h11-15H,5-10H2,1-4H3. The van der Waals surface area contributed by atoms with Gasteiger partial charge in [-0.2, -0.15) is 0 Å². The minimum Gasteiger partial charge on any atom is -0.317 e. The van der Waals surface area contributed by atoms with Gasteiger partial charge in [0.05, 0.1) is 0 Å². The maximum atomic E-state index is 3.37. The highest BCUT2D eigenvalue weighted by Gasteiger charge is 2.28. The van der Waals surface area contributed by atoms with E-state index in [1.54, 1.807) is 0 Å². The second-order valence-corrected chi connectivity index (χ2v) is 5.52. The van der Waals surface area contributed by atoms with Crippen molar-refractivity contribution in [2.75, 3.05) is 7.05 Å². The second-order valence-electron chi connectivity index (χ2n) is 5.52. The molecular weight excluding hydrogens is 182 g/mol. The highest BCUT2D eigenvalue weighted by Crippen LogP contribution is 2.38. The molecule has 4 unspecified atom stereocenters. The van der Waals surface area contributed by atoms with E-state index >= 15 is 0 Å². The molecule has 0 aromatic carbocycles. The average Bonchev–Trinajstić information content (AvgIpc) is 2.28. The Morgan fingerprint density at radius 1 is 1.20 bits per heavy atom. The molecule has 1 saturated carbocycles. The van der Waals surface area contributed by atoms with Gasteiger partial charge in [0.15, 0.2) is 0 Å². The average molecular weight is 211 g/mol. The first-order chi connectivity index (χ1) is 7.19. The molecular formula is C14H29N. The summed E-state index contributed by atoms with van der Waals surface area (Å²) in [7, 11) is 2.08. The van der Waals surface area contributed by atoms with Gasteiger partial charge in [-0.15, -0.1) is 0 Å². The smallest absolute Gasteiger partial charge is 0.00383 e. The van der Waals surface area contributed by atoms with Crippen LogP contribution in [-0.2, 0) is 0 Å². The highest BCUT2D eigenvalue weighted by atomic mass is 14.8. The lowest BCUT2D eigenvalue weighted by Gasteiger charge is -2.36. The van der Waals surface area contributed by atoms with Crippen LogP contribution in [0.3, 0.4) is 0 Å². The summed E-state index contributed by atoms with van der Waals surface area (Å²) in [5, 5.41) is 3.37. The molecule has 0 heterocycles. The monoisotopic (exact) mass is 211 g/mol. The third-order valence-electron chi connectivity index (χ3n) is 4.44. The predicted molar refractivity (Wildman–Crippen MR) is 68.0 cm³/mol. The molecule has 1 fully saturated rings. The largest absolute Gasteiger partial charge is 0.317 e. The summed E-state index contributed by atoms with van der Waals surface area (Å²) in [6.07, 6.45) is 8.65. The molecule has 0 amide bonds. The minimum absolute atomic E-state index is 0.680. The van der Waals surface area contributed by atoms with Crippen molar-refractivity contribution in [2.45, 2.75) is 65.3 Å². The Kier molecular flexibility index (Phi) is 5.66. The Labute approximate surface area is 96.0 Å². The van der Waals surface area contributed by atoms with Crippen LogP contribution in [0, 0.1) is 17.8 Å². The molecule has 0 spiro atoms. The van der Waals surface area contributed by atoms with Crippen LogP contribution >= 0.6 is 0 Å². The Morgan fingerprint density at radius 2 is 1.87 bits per heavy atom. The number of nitrogens with one attached hydrogen (secondary N) is 1. The lowest BCUT2D eigenvalue weighted by molar-refractivity contribution is 0.152. The van der Waals surface area contributed by atoms with Crippen molar-refractivity contribution in [1.29, 1.82) is 0 Å². The second kappa shape index (κ2) is 6.52. The molecule has 0 aliphatic heterocycles. The van der Waals surface area contributed by atoms with E-state index in [1.165, 1.54) is 38.5 Å². The molecule has 1 nitrogen and oxygen atoms in total. The molecule has 0 aromatic heterocycles. The lowest BCUT2D eigenvalue weighted by atomic mass is 9.70. The van der Waals surface area contributed by atoms with Crippen molar-refractivity contribution in [3.05, 3.63) is 0 Å². The Hall–Kier alpha value is -0.0400. The molecule has 0 radical (unpaired) electrons. The van der Waals surface area contributed by atoms with E-state index in [4.69, 9.17) is 0 Å². The van der Waals surface area contributed by atoms with Gasteiger partial charge in [0.2, 0.25) is 0 Å². The zero-order valence-electron chi connectivity index (χ0n) is 11.1. The zero-order valence-corrected chi connectivity index (χ0v) is 11.1. The molecule has 15 heavy (non-hydrogen) atoms. The Morgan fingerprint density at radius 3 is 2.47 bits per heavy atom. The third kappa shape index (κ3) is 3.79. The fourth-order valence-corrected chi connectivity index (χ4v) is 3.34. The van der Waals surface area contributed by atoms with Crippen molar-refractivity contribution in [3.8, 4) is 0 Å². The fraction of sp³-hybridized carbons (Fsp3) is 1.00. The topological polar surface area (TPSA) is 12.0 Å². The first-order valence-electron chi connectivity index (χ1n) is 6.86. The zero-order chi connectivity index (χ0) is 11.3. The van der Waals surface area contributed by atoms with Gasteiger partial charge in [0.1, 0.15) is 0 Å². The summed E-state index contributed by atoms with van der Waals surface area (Å²) in [6, 6.07) is 0.680. The predicted octanol–water partition coefficient (Wildman–Crippen LogP) is 3.84. The molecule has 1 heteroatoms. The molecule has 0 saturated heterocycles. The summed E-state index contributed by atoms with van der Waals surface area (Å²) in [5.74, 6) is 2.91. The van der Waals surface area contributed by atoms with E-state index in [9.17, 15) is 0 Å². The molecule has 1 rings (SSSR count). The van der Waals surface area contributed by atoms with E-state index in [-0.39, 0.29) is 0 Å². The molecule has 1 aliphatic carbocycles. The first kappa shape index (κ1) is 13.0. The summed E-state index contributed by atoms with van der Waals surface area (Å²) in [4.78, 5) is 0. The van der Waals surface area contributed by atoms with Gasteiger partial charge in [-0.25, -0.2) is 0 Å². The van der Waals surface area contributed by atoms with E-state index in [1.807, 2.05) is 0 Å². The van der Waals surface area contributed by atoms with Crippen LogP contribution < -0.4 is 5.32 Å². The molecule has 0 aromatic rings.